The average molecular weight is 315 g/mol. The van der Waals surface area contributed by atoms with E-state index in [1.54, 1.807) is 29.0 Å². The fraction of sp³-hybridized carbons (Fsp3) is 0.188. The van der Waals surface area contributed by atoms with Crippen molar-refractivity contribution in [2.45, 2.75) is 13.8 Å². The smallest absolute Gasteiger partial charge is 0.272 e. The van der Waals surface area contributed by atoms with Gasteiger partial charge in [-0.2, -0.15) is 5.10 Å². The Morgan fingerprint density at radius 1 is 1.41 bits per heavy atom. The number of carbonyl (C=O) groups is 1. The highest BCUT2D eigenvalue weighted by atomic mass is 35.5. The maximum atomic E-state index is 12.3. The molecule has 0 atom stereocenters. The molecule has 5 nitrogen and oxygen atoms in total. The van der Waals surface area contributed by atoms with Crippen LogP contribution in [0.5, 0.6) is 0 Å². The van der Waals surface area contributed by atoms with E-state index in [1.807, 2.05) is 26.0 Å². The fourth-order valence-electron chi connectivity index (χ4n) is 2.45. The Kier molecular flexibility index (Phi) is 3.81. The van der Waals surface area contributed by atoms with Crippen LogP contribution < -0.4 is 5.32 Å². The van der Waals surface area contributed by atoms with Gasteiger partial charge in [-0.25, -0.2) is 9.50 Å². The Labute approximate surface area is 132 Å². The van der Waals surface area contributed by atoms with Gasteiger partial charge in [0.15, 0.2) is 11.3 Å². The number of hydrogen-bond donors (Lipinski definition) is 1. The number of hydrogen-bond acceptors (Lipinski definition) is 3. The van der Waals surface area contributed by atoms with E-state index in [9.17, 15) is 4.79 Å². The summed E-state index contributed by atoms with van der Waals surface area (Å²) in [6, 6.07) is 7.34. The lowest BCUT2D eigenvalue weighted by atomic mass is 10.00. The summed E-state index contributed by atoms with van der Waals surface area (Å²) in [5.41, 5.74) is 3.61. The summed E-state index contributed by atoms with van der Waals surface area (Å²) in [4.78, 5) is 16.7. The predicted octanol–water partition coefficient (Wildman–Crippen LogP) is 3.11. The summed E-state index contributed by atoms with van der Waals surface area (Å²) in [6.07, 6.45) is 3.47. The lowest BCUT2D eigenvalue weighted by Gasteiger charge is -2.07. The average Bonchev–Trinajstić information content (AvgIpc) is 2.87. The normalized spacial score (nSPS) is 10.9. The van der Waals surface area contributed by atoms with Gasteiger partial charge < -0.3 is 5.32 Å². The van der Waals surface area contributed by atoms with Crippen LogP contribution in [-0.2, 0) is 0 Å². The summed E-state index contributed by atoms with van der Waals surface area (Å²) in [6.45, 7) is 4.37. The van der Waals surface area contributed by atoms with Crippen LogP contribution in [0.4, 0.5) is 0 Å². The van der Waals surface area contributed by atoms with Crippen LogP contribution in [-0.4, -0.2) is 27.0 Å². The monoisotopic (exact) mass is 314 g/mol. The molecule has 0 fully saturated rings. The van der Waals surface area contributed by atoms with Crippen LogP contribution in [0, 0.1) is 6.92 Å². The molecular formula is C16H15ClN4O. The molecule has 112 valence electrons. The number of fused-ring (bicyclic) bond motifs is 1. The van der Waals surface area contributed by atoms with E-state index in [-0.39, 0.29) is 5.91 Å². The summed E-state index contributed by atoms with van der Waals surface area (Å²) in [7, 11) is 0. The standard InChI is InChI=1S/C16H15ClN4O/c1-3-18-16(22)14-13(12-6-5-11(17)9-10(12)2)15-19-7-4-8-21(15)20-14/h4-9H,3H2,1-2H3,(H,18,22). The first-order valence-electron chi connectivity index (χ1n) is 7.00. The zero-order chi connectivity index (χ0) is 15.7. The van der Waals surface area contributed by atoms with Crippen molar-refractivity contribution in [3.05, 3.63) is 52.9 Å². The number of halogens is 1. The molecule has 22 heavy (non-hydrogen) atoms. The Bertz CT molecular complexity index is 856. The molecule has 6 heteroatoms. The van der Waals surface area contributed by atoms with E-state index in [0.717, 1.165) is 16.7 Å². The lowest BCUT2D eigenvalue weighted by Crippen LogP contribution is -2.23. The van der Waals surface area contributed by atoms with Crippen molar-refractivity contribution in [1.82, 2.24) is 19.9 Å². The summed E-state index contributed by atoms with van der Waals surface area (Å²) in [5.74, 6) is -0.211. The summed E-state index contributed by atoms with van der Waals surface area (Å²) < 4.78 is 1.62. The Morgan fingerprint density at radius 3 is 2.95 bits per heavy atom. The maximum absolute atomic E-state index is 12.3. The van der Waals surface area contributed by atoms with Crippen LogP contribution in [0.15, 0.2) is 36.7 Å². The second-order valence-electron chi connectivity index (χ2n) is 4.93. The number of carbonyl (C=O) groups excluding carboxylic acids is 1. The zero-order valence-electron chi connectivity index (χ0n) is 12.3. The fourth-order valence-corrected chi connectivity index (χ4v) is 2.67. The molecule has 0 unspecified atom stereocenters. The third-order valence-corrected chi connectivity index (χ3v) is 3.64. The predicted molar refractivity (Wildman–Crippen MR) is 86.2 cm³/mol. The van der Waals surface area contributed by atoms with Gasteiger partial charge in [0.1, 0.15) is 0 Å². The van der Waals surface area contributed by atoms with Gasteiger partial charge in [0.05, 0.1) is 5.56 Å². The van der Waals surface area contributed by atoms with Gasteiger partial charge in [-0.1, -0.05) is 17.7 Å². The molecule has 0 radical (unpaired) electrons. The van der Waals surface area contributed by atoms with E-state index in [0.29, 0.717) is 22.9 Å². The van der Waals surface area contributed by atoms with E-state index in [4.69, 9.17) is 11.6 Å². The number of amides is 1. The minimum absolute atomic E-state index is 0.211. The second kappa shape index (κ2) is 5.77. The number of benzene rings is 1. The van der Waals surface area contributed by atoms with Crippen LogP contribution in [0.3, 0.4) is 0 Å². The van der Waals surface area contributed by atoms with Crippen molar-refractivity contribution in [2.24, 2.45) is 0 Å². The van der Waals surface area contributed by atoms with Crippen molar-refractivity contribution in [3.63, 3.8) is 0 Å². The molecule has 0 aliphatic heterocycles. The van der Waals surface area contributed by atoms with Crippen molar-refractivity contribution < 1.29 is 4.79 Å². The van der Waals surface area contributed by atoms with Crippen LogP contribution in [0.25, 0.3) is 16.8 Å². The maximum Gasteiger partial charge on any atom is 0.272 e. The highest BCUT2D eigenvalue weighted by Gasteiger charge is 2.22. The Hall–Kier alpha value is -2.40. The third kappa shape index (κ3) is 2.44. The van der Waals surface area contributed by atoms with Gasteiger partial charge in [-0.15, -0.1) is 0 Å². The quantitative estimate of drug-likeness (QED) is 0.808. The first-order valence-corrected chi connectivity index (χ1v) is 7.37. The van der Waals surface area contributed by atoms with Gasteiger partial charge in [-0.3, -0.25) is 4.79 Å². The minimum atomic E-state index is -0.211. The molecule has 1 amide bonds. The van der Waals surface area contributed by atoms with Crippen LogP contribution in [0.1, 0.15) is 23.0 Å². The molecular weight excluding hydrogens is 300 g/mol. The van der Waals surface area contributed by atoms with Crippen LogP contribution >= 0.6 is 11.6 Å². The van der Waals surface area contributed by atoms with Gasteiger partial charge in [0.25, 0.3) is 5.91 Å². The number of aryl methyl sites for hydroxylation is 1. The van der Waals surface area contributed by atoms with Crippen LogP contribution in [0.2, 0.25) is 5.02 Å². The number of rotatable bonds is 3. The number of nitrogens with zero attached hydrogens (tertiary/aromatic N) is 3. The lowest BCUT2D eigenvalue weighted by molar-refractivity contribution is 0.0951. The molecule has 3 aromatic rings. The molecule has 1 aromatic carbocycles. The molecule has 2 heterocycles. The van der Waals surface area contributed by atoms with Crippen molar-refractivity contribution in [2.75, 3.05) is 6.54 Å². The molecule has 0 saturated heterocycles. The Balaban J connectivity index is 2.30. The molecule has 0 spiro atoms. The third-order valence-electron chi connectivity index (χ3n) is 3.41. The number of nitrogens with one attached hydrogen (secondary N) is 1. The van der Waals surface area contributed by atoms with Gasteiger partial charge in [0.2, 0.25) is 0 Å². The molecule has 1 N–H and O–H groups in total. The largest absolute Gasteiger partial charge is 0.351 e. The first kappa shape index (κ1) is 14.5. The van der Waals surface area contributed by atoms with Gasteiger partial charge >= 0.3 is 0 Å². The van der Waals surface area contributed by atoms with Crippen molar-refractivity contribution >= 4 is 23.2 Å². The number of aromatic nitrogens is 3. The van der Waals surface area contributed by atoms with Crippen molar-refractivity contribution in [1.29, 1.82) is 0 Å². The summed E-state index contributed by atoms with van der Waals surface area (Å²) in [5, 5.41) is 7.83. The zero-order valence-corrected chi connectivity index (χ0v) is 13.1. The molecule has 0 aliphatic rings. The van der Waals surface area contributed by atoms with E-state index >= 15 is 0 Å². The molecule has 0 bridgehead atoms. The summed E-state index contributed by atoms with van der Waals surface area (Å²) >= 11 is 6.03. The van der Waals surface area contributed by atoms with E-state index < -0.39 is 0 Å². The Morgan fingerprint density at radius 2 is 2.23 bits per heavy atom. The van der Waals surface area contributed by atoms with Gasteiger partial charge in [0, 0.05) is 24.0 Å². The first-order chi connectivity index (χ1) is 10.6. The molecule has 0 aliphatic carbocycles. The molecule has 0 saturated carbocycles. The highest BCUT2D eigenvalue weighted by Crippen LogP contribution is 2.31. The molecule has 2 aromatic heterocycles. The SMILES string of the molecule is CCNC(=O)c1nn2cccnc2c1-c1ccc(Cl)cc1C. The highest BCUT2D eigenvalue weighted by molar-refractivity contribution is 6.30. The van der Waals surface area contributed by atoms with E-state index in [2.05, 4.69) is 15.4 Å². The second-order valence-corrected chi connectivity index (χ2v) is 5.37. The van der Waals surface area contributed by atoms with Crippen molar-refractivity contribution in [3.8, 4) is 11.1 Å². The minimum Gasteiger partial charge on any atom is -0.351 e. The van der Waals surface area contributed by atoms with Gasteiger partial charge in [-0.05, 0) is 43.2 Å². The molecule has 3 rings (SSSR count). The van der Waals surface area contributed by atoms with E-state index in [1.165, 1.54) is 0 Å². The topological polar surface area (TPSA) is 59.3 Å².